The van der Waals surface area contributed by atoms with Crippen LogP contribution < -0.4 is 20.1 Å². The van der Waals surface area contributed by atoms with Crippen LogP contribution in [0.15, 0.2) is 47.4 Å². The molecule has 2 heterocycles. The molecule has 6 nitrogen and oxygen atoms in total. The molecule has 4 rings (SSSR count). The number of hydrogen-bond donors (Lipinski definition) is 2. The minimum Gasteiger partial charge on any atom is -0.457 e. The van der Waals surface area contributed by atoms with E-state index in [0.717, 1.165) is 30.6 Å². The Balaban J connectivity index is 0.00000182. The lowest BCUT2D eigenvalue weighted by Crippen LogP contribution is -2.48. The van der Waals surface area contributed by atoms with Crippen LogP contribution in [0.25, 0.3) is 0 Å². The fourth-order valence-electron chi connectivity index (χ4n) is 3.26. The molecule has 3 N–H and O–H groups in total. The van der Waals surface area contributed by atoms with Gasteiger partial charge in [-0.3, -0.25) is 0 Å². The van der Waals surface area contributed by atoms with Gasteiger partial charge < -0.3 is 15.4 Å². The van der Waals surface area contributed by atoms with Gasteiger partial charge in [-0.1, -0.05) is 12.1 Å². The van der Waals surface area contributed by atoms with Gasteiger partial charge in [-0.15, -0.1) is 12.4 Å². The Labute approximate surface area is 153 Å². The van der Waals surface area contributed by atoms with E-state index in [-0.39, 0.29) is 23.5 Å². The molecular formula is C17H20ClN3O3S. The monoisotopic (exact) mass is 381 g/mol. The van der Waals surface area contributed by atoms with Crippen molar-refractivity contribution >= 4 is 28.1 Å². The topological polar surface area (TPSA) is 84.7 Å². The number of fused-ring (bicyclic) bond motifs is 3. The number of nitrogens with one attached hydrogen (secondary N) is 1. The van der Waals surface area contributed by atoms with Crippen molar-refractivity contribution in [2.24, 2.45) is 5.73 Å². The first kappa shape index (κ1) is 18.0. The molecule has 2 aliphatic rings. The van der Waals surface area contributed by atoms with Crippen molar-refractivity contribution in [3.05, 3.63) is 48.0 Å². The van der Waals surface area contributed by atoms with Crippen molar-refractivity contribution in [3.8, 4) is 11.5 Å². The molecule has 2 aromatic carbocycles. The normalized spacial score (nSPS) is 20.4. The predicted octanol–water partition coefficient (Wildman–Crippen LogP) is 2.58. The molecule has 0 saturated carbocycles. The molecule has 2 aliphatic heterocycles. The molecule has 25 heavy (non-hydrogen) atoms. The minimum atomic E-state index is -3.51. The molecule has 0 bridgehead atoms. The quantitative estimate of drug-likeness (QED) is 0.853. The molecule has 1 atom stereocenters. The third kappa shape index (κ3) is 3.32. The molecule has 0 spiro atoms. The first-order valence-electron chi connectivity index (χ1n) is 7.97. The van der Waals surface area contributed by atoms with Gasteiger partial charge in [-0.05, 0) is 42.7 Å². The smallest absolute Gasteiger partial charge is 0.244 e. The molecule has 8 heteroatoms. The average molecular weight is 382 g/mol. The molecule has 1 saturated heterocycles. The number of halogens is 1. The van der Waals surface area contributed by atoms with Gasteiger partial charge in [0.25, 0.3) is 0 Å². The van der Waals surface area contributed by atoms with Gasteiger partial charge >= 0.3 is 0 Å². The summed E-state index contributed by atoms with van der Waals surface area (Å²) in [7, 11) is -3.51. The Kier molecular flexibility index (Phi) is 4.92. The number of rotatable bonds is 3. The zero-order valence-corrected chi connectivity index (χ0v) is 15.1. The van der Waals surface area contributed by atoms with Crippen LogP contribution in [-0.4, -0.2) is 21.1 Å². The summed E-state index contributed by atoms with van der Waals surface area (Å²) in [6.45, 7) is 1.33. The maximum atomic E-state index is 12.5. The maximum absolute atomic E-state index is 12.5. The van der Waals surface area contributed by atoms with Gasteiger partial charge in [0.05, 0.1) is 11.9 Å². The summed E-state index contributed by atoms with van der Waals surface area (Å²) < 4.78 is 33.5. The van der Waals surface area contributed by atoms with Crippen molar-refractivity contribution in [2.75, 3.05) is 11.4 Å². The molecule has 0 radical (unpaired) electrons. The van der Waals surface area contributed by atoms with E-state index in [2.05, 4.69) is 9.62 Å². The van der Waals surface area contributed by atoms with Crippen LogP contribution in [0.2, 0.25) is 0 Å². The summed E-state index contributed by atoms with van der Waals surface area (Å²) in [5.74, 6) is 1.14. The summed E-state index contributed by atoms with van der Waals surface area (Å²) in [6.07, 6.45) is 1.70. The molecule has 134 valence electrons. The number of nitrogens with two attached hydrogens (primary N) is 1. The van der Waals surface area contributed by atoms with Crippen molar-refractivity contribution in [1.82, 2.24) is 4.72 Å². The zero-order chi connectivity index (χ0) is 16.7. The first-order valence-corrected chi connectivity index (χ1v) is 9.45. The second kappa shape index (κ2) is 6.84. The van der Waals surface area contributed by atoms with Crippen molar-refractivity contribution in [1.29, 1.82) is 0 Å². The van der Waals surface area contributed by atoms with Crippen LogP contribution in [0.5, 0.6) is 11.5 Å². The fraction of sp³-hybridized carbons (Fsp3) is 0.294. The number of benzene rings is 2. The maximum Gasteiger partial charge on any atom is 0.244 e. The van der Waals surface area contributed by atoms with Crippen LogP contribution in [0.4, 0.5) is 5.69 Å². The number of hydrogen-bond acceptors (Lipinski definition) is 5. The van der Waals surface area contributed by atoms with Gasteiger partial charge in [-0.2, -0.15) is 4.72 Å². The lowest BCUT2D eigenvalue weighted by molar-refractivity contribution is 0.478. The summed E-state index contributed by atoms with van der Waals surface area (Å²) in [5, 5.41) is 0. The van der Waals surface area contributed by atoms with E-state index in [1.165, 1.54) is 0 Å². The highest BCUT2D eigenvalue weighted by Crippen LogP contribution is 2.38. The first-order chi connectivity index (χ1) is 11.6. The number of anilines is 1. The summed E-state index contributed by atoms with van der Waals surface area (Å²) in [4.78, 5) is 2.38. The Morgan fingerprint density at radius 1 is 1.16 bits per heavy atom. The third-order valence-electron chi connectivity index (χ3n) is 4.47. The van der Waals surface area contributed by atoms with E-state index in [0.29, 0.717) is 18.0 Å². The predicted molar refractivity (Wildman–Crippen MR) is 98.8 cm³/mol. The SMILES string of the molecule is Cl.NCc1ccc(Oc2ccc3c(c2)S(=O)(=O)NC2CCCN32)cc1. The largest absolute Gasteiger partial charge is 0.457 e. The average Bonchev–Trinajstić information content (AvgIpc) is 3.03. The van der Waals surface area contributed by atoms with Crippen LogP contribution in [0, 0.1) is 0 Å². The second-order valence-electron chi connectivity index (χ2n) is 6.05. The number of sulfonamides is 1. The van der Waals surface area contributed by atoms with Gasteiger partial charge in [-0.25, -0.2) is 8.42 Å². The van der Waals surface area contributed by atoms with Crippen molar-refractivity contribution < 1.29 is 13.2 Å². The highest BCUT2D eigenvalue weighted by Gasteiger charge is 2.37. The van der Waals surface area contributed by atoms with Gasteiger partial charge in [0, 0.05) is 19.2 Å². The Hall–Kier alpha value is -1.80. The standard InChI is InChI=1S/C17H19N3O3S.ClH/c18-11-12-3-5-13(6-4-12)23-14-7-8-15-16(10-14)24(21,22)19-17-2-1-9-20(15)17;/h3-8,10,17,19H,1-2,9,11,18H2;1H. The number of ether oxygens (including phenoxy) is 1. The van der Waals surface area contributed by atoms with E-state index in [1.54, 1.807) is 6.07 Å². The van der Waals surface area contributed by atoms with E-state index in [9.17, 15) is 8.42 Å². The molecule has 0 aromatic heterocycles. The zero-order valence-electron chi connectivity index (χ0n) is 13.5. The van der Waals surface area contributed by atoms with E-state index >= 15 is 0 Å². The van der Waals surface area contributed by atoms with Gasteiger partial charge in [0.2, 0.25) is 10.0 Å². The minimum absolute atomic E-state index is 0. The van der Waals surface area contributed by atoms with Crippen LogP contribution in [0.1, 0.15) is 18.4 Å². The number of nitrogens with zero attached hydrogens (tertiary/aromatic N) is 1. The van der Waals surface area contributed by atoms with Crippen LogP contribution >= 0.6 is 12.4 Å². The van der Waals surface area contributed by atoms with Gasteiger partial charge in [0.1, 0.15) is 16.4 Å². The lowest BCUT2D eigenvalue weighted by Gasteiger charge is -2.33. The Morgan fingerprint density at radius 2 is 1.88 bits per heavy atom. The highest BCUT2D eigenvalue weighted by molar-refractivity contribution is 7.89. The molecule has 2 aromatic rings. The van der Waals surface area contributed by atoms with E-state index in [1.807, 2.05) is 36.4 Å². The van der Waals surface area contributed by atoms with E-state index < -0.39 is 10.0 Å². The fourth-order valence-corrected chi connectivity index (χ4v) is 4.72. The molecular weight excluding hydrogens is 362 g/mol. The van der Waals surface area contributed by atoms with Crippen LogP contribution in [0.3, 0.4) is 0 Å². The Bertz CT molecular complexity index is 871. The molecule has 1 unspecified atom stereocenters. The van der Waals surface area contributed by atoms with Crippen molar-refractivity contribution in [3.63, 3.8) is 0 Å². The van der Waals surface area contributed by atoms with Crippen molar-refractivity contribution in [2.45, 2.75) is 30.4 Å². The molecule has 1 fully saturated rings. The summed E-state index contributed by atoms with van der Waals surface area (Å²) >= 11 is 0. The van der Waals surface area contributed by atoms with Crippen LogP contribution in [-0.2, 0) is 16.6 Å². The Morgan fingerprint density at radius 3 is 2.60 bits per heavy atom. The van der Waals surface area contributed by atoms with E-state index in [4.69, 9.17) is 10.5 Å². The summed E-state index contributed by atoms with van der Waals surface area (Å²) in [5.41, 5.74) is 7.35. The summed E-state index contributed by atoms with van der Waals surface area (Å²) in [6, 6.07) is 12.7. The lowest BCUT2D eigenvalue weighted by atomic mass is 10.2. The third-order valence-corrected chi connectivity index (χ3v) is 5.96. The highest BCUT2D eigenvalue weighted by atomic mass is 35.5. The molecule has 0 aliphatic carbocycles. The second-order valence-corrected chi connectivity index (χ2v) is 7.73. The van der Waals surface area contributed by atoms with Gasteiger partial charge in [0.15, 0.2) is 0 Å². The molecule has 0 amide bonds.